The Hall–Kier alpha value is -6.02. The average Bonchev–Trinajstić information content (AvgIpc) is 3.71. The van der Waals surface area contributed by atoms with Crippen LogP contribution in [0.25, 0.3) is 63.6 Å². The lowest BCUT2D eigenvalue weighted by Gasteiger charge is -2.23. The number of hydrogen-bond donors (Lipinski definition) is 0. The SMILES string of the molecule is C=C(/C=C\C(=C)c1c2ccccc2c(/C2=C/C=C\C/C=C\C=C/C2)c2ccccc12)/C(C)=C/C=C1\Cc2ccc3cc4sc5ccccc5c4cc3c2C1(C)C. The van der Waals surface area contributed by atoms with Crippen LogP contribution in [0.15, 0.2) is 194 Å². The van der Waals surface area contributed by atoms with Gasteiger partial charge in [0.1, 0.15) is 0 Å². The second-order valence-electron chi connectivity index (χ2n) is 15.8. The van der Waals surface area contributed by atoms with Gasteiger partial charge in [-0.1, -0.05) is 178 Å². The molecule has 0 N–H and O–H groups in total. The van der Waals surface area contributed by atoms with E-state index in [4.69, 9.17) is 0 Å². The van der Waals surface area contributed by atoms with Gasteiger partial charge in [-0.25, -0.2) is 0 Å². The van der Waals surface area contributed by atoms with E-state index >= 15 is 0 Å². The molecule has 1 aromatic heterocycles. The molecule has 2 aliphatic carbocycles. The second-order valence-corrected chi connectivity index (χ2v) is 16.8. The van der Waals surface area contributed by atoms with E-state index < -0.39 is 0 Å². The molecule has 272 valence electrons. The smallest absolute Gasteiger partial charge is 0.0361 e. The molecule has 6 aromatic carbocycles. The van der Waals surface area contributed by atoms with Gasteiger partial charge in [-0.2, -0.15) is 0 Å². The molecule has 0 radical (unpaired) electrons. The third-order valence-corrected chi connectivity index (χ3v) is 13.1. The highest BCUT2D eigenvalue weighted by molar-refractivity contribution is 7.25. The molecule has 2 aliphatic rings. The summed E-state index contributed by atoms with van der Waals surface area (Å²) in [4.78, 5) is 0. The minimum atomic E-state index is -0.0843. The lowest BCUT2D eigenvalue weighted by atomic mass is 9.80. The van der Waals surface area contributed by atoms with Crippen molar-refractivity contribution in [1.29, 1.82) is 0 Å². The molecule has 56 heavy (non-hydrogen) atoms. The van der Waals surface area contributed by atoms with Gasteiger partial charge < -0.3 is 0 Å². The van der Waals surface area contributed by atoms with Gasteiger partial charge in [0.15, 0.2) is 0 Å². The maximum atomic E-state index is 4.65. The molecule has 0 amide bonds. The summed E-state index contributed by atoms with van der Waals surface area (Å²) in [6.45, 7) is 16.1. The summed E-state index contributed by atoms with van der Waals surface area (Å²) in [7, 11) is 0. The summed E-state index contributed by atoms with van der Waals surface area (Å²) in [5.74, 6) is 0. The molecular formula is C55H46S. The van der Waals surface area contributed by atoms with Crippen LogP contribution in [0.3, 0.4) is 0 Å². The molecule has 0 atom stereocenters. The minimum Gasteiger partial charge on any atom is -0.135 e. The summed E-state index contributed by atoms with van der Waals surface area (Å²) in [5, 5.41) is 10.4. The Balaban J connectivity index is 1.02. The largest absolute Gasteiger partial charge is 0.135 e. The summed E-state index contributed by atoms with van der Waals surface area (Å²) in [6, 6.07) is 35.9. The van der Waals surface area contributed by atoms with E-state index in [-0.39, 0.29) is 5.41 Å². The topological polar surface area (TPSA) is 0 Å². The fraction of sp³-hybridized carbons (Fsp3) is 0.127. The monoisotopic (exact) mass is 738 g/mol. The van der Waals surface area contributed by atoms with Crippen molar-refractivity contribution in [2.24, 2.45) is 0 Å². The molecule has 0 saturated heterocycles. The summed E-state index contributed by atoms with van der Waals surface area (Å²) >= 11 is 1.89. The predicted molar refractivity (Wildman–Crippen MR) is 249 cm³/mol. The maximum Gasteiger partial charge on any atom is 0.0361 e. The normalized spacial score (nSPS) is 19.2. The van der Waals surface area contributed by atoms with Crippen LogP contribution in [0.4, 0.5) is 0 Å². The average molecular weight is 739 g/mol. The molecule has 1 heterocycles. The first kappa shape index (κ1) is 35.7. The van der Waals surface area contributed by atoms with Crippen molar-refractivity contribution in [2.45, 2.75) is 45.4 Å². The van der Waals surface area contributed by atoms with Crippen molar-refractivity contribution in [2.75, 3.05) is 0 Å². The highest BCUT2D eigenvalue weighted by Crippen LogP contribution is 2.48. The second kappa shape index (κ2) is 14.6. The van der Waals surface area contributed by atoms with Crippen LogP contribution < -0.4 is 0 Å². The molecule has 7 aromatic rings. The Morgan fingerprint density at radius 1 is 0.679 bits per heavy atom. The lowest BCUT2D eigenvalue weighted by Crippen LogP contribution is -2.15. The van der Waals surface area contributed by atoms with Crippen LogP contribution >= 0.6 is 11.3 Å². The zero-order valence-corrected chi connectivity index (χ0v) is 33.3. The highest BCUT2D eigenvalue weighted by Gasteiger charge is 2.36. The Kier molecular flexibility index (Phi) is 9.28. The Bertz CT molecular complexity index is 2940. The molecule has 0 bridgehead atoms. The molecule has 9 rings (SSSR count). The molecular weight excluding hydrogens is 693 g/mol. The minimum absolute atomic E-state index is 0.0843. The number of thiophene rings is 1. The molecule has 0 unspecified atom stereocenters. The van der Waals surface area contributed by atoms with E-state index in [0.717, 1.165) is 36.0 Å². The standard InChI is InChI=1S/C55H46S/c1-36(37(2)29-32-42-33-41-31-30-40-34-51-49(35-48(40)54(41)55(42,4)5)43-21-17-18-26-50(43)56-51)27-28-38(3)52-44-22-13-15-24-46(44)53(47-25-16-14-23-45(47)52)39-19-11-9-7-6-8-10-12-20-39/h6-7,9-18,20-32,34-35H,1,3,8,19,33H2,2,4-5H3/b7-6-,11-9-,12-10-,28-27-,37-29+,39-20+,42-32+. The first-order chi connectivity index (χ1) is 27.3. The van der Waals surface area contributed by atoms with Crippen LogP contribution in [0, 0.1) is 0 Å². The Morgan fingerprint density at radius 3 is 2.12 bits per heavy atom. The van der Waals surface area contributed by atoms with Crippen molar-refractivity contribution < 1.29 is 0 Å². The lowest BCUT2D eigenvalue weighted by molar-refractivity contribution is 0.649. The fourth-order valence-electron chi connectivity index (χ4n) is 8.92. The van der Waals surface area contributed by atoms with E-state index in [1.165, 1.54) is 85.9 Å². The molecule has 0 fully saturated rings. The van der Waals surface area contributed by atoms with Crippen LogP contribution in [0.1, 0.15) is 55.9 Å². The van der Waals surface area contributed by atoms with Crippen LogP contribution in [-0.2, 0) is 11.8 Å². The molecule has 0 nitrogen and oxygen atoms in total. The zero-order valence-electron chi connectivity index (χ0n) is 32.5. The van der Waals surface area contributed by atoms with Gasteiger partial charge in [0.25, 0.3) is 0 Å². The van der Waals surface area contributed by atoms with E-state index in [1.807, 2.05) is 11.3 Å². The van der Waals surface area contributed by atoms with Crippen molar-refractivity contribution in [3.63, 3.8) is 0 Å². The molecule has 1 heteroatoms. The molecule has 0 saturated carbocycles. The van der Waals surface area contributed by atoms with Gasteiger partial charge in [0.2, 0.25) is 0 Å². The molecule has 0 aliphatic heterocycles. The van der Waals surface area contributed by atoms with Crippen molar-refractivity contribution in [1.82, 2.24) is 0 Å². The van der Waals surface area contributed by atoms with E-state index in [2.05, 4.69) is 198 Å². The van der Waals surface area contributed by atoms with Crippen molar-refractivity contribution in [3.05, 3.63) is 216 Å². The maximum absolute atomic E-state index is 4.65. The zero-order chi connectivity index (χ0) is 38.4. The highest BCUT2D eigenvalue weighted by atomic mass is 32.1. The first-order valence-electron chi connectivity index (χ1n) is 19.7. The third kappa shape index (κ3) is 6.27. The summed E-state index contributed by atoms with van der Waals surface area (Å²) < 4.78 is 2.71. The first-order valence-corrected chi connectivity index (χ1v) is 20.5. The number of benzene rings is 6. The quantitative estimate of drug-likeness (QED) is 0.118. The van der Waals surface area contributed by atoms with Gasteiger partial charge >= 0.3 is 0 Å². The number of allylic oxidation sites excluding steroid dienone is 16. The fourth-order valence-corrected chi connectivity index (χ4v) is 10.1. The molecule has 0 spiro atoms. The van der Waals surface area contributed by atoms with E-state index in [1.54, 1.807) is 0 Å². The predicted octanol–water partition coefficient (Wildman–Crippen LogP) is 15.9. The summed E-state index contributed by atoms with van der Waals surface area (Å²) in [5.41, 5.74) is 11.1. The Morgan fingerprint density at radius 2 is 1.36 bits per heavy atom. The van der Waals surface area contributed by atoms with Crippen LogP contribution in [0.2, 0.25) is 0 Å². The van der Waals surface area contributed by atoms with Crippen LogP contribution in [0.5, 0.6) is 0 Å². The van der Waals surface area contributed by atoms with Crippen LogP contribution in [-0.4, -0.2) is 0 Å². The van der Waals surface area contributed by atoms with E-state index in [9.17, 15) is 0 Å². The van der Waals surface area contributed by atoms with Gasteiger partial charge in [-0.3, -0.25) is 0 Å². The van der Waals surface area contributed by atoms with Gasteiger partial charge in [-0.05, 0) is 121 Å². The van der Waals surface area contributed by atoms with Gasteiger partial charge in [0.05, 0.1) is 0 Å². The van der Waals surface area contributed by atoms with Gasteiger partial charge in [-0.15, -0.1) is 11.3 Å². The van der Waals surface area contributed by atoms with Crippen molar-refractivity contribution in [3.8, 4) is 0 Å². The third-order valence-electron chi connectivity index (χ3n) is 11.9. The number of hydrogen-bond acceptors (Lipinski definition) is 1. The number of rotatable bonds is 6. The van der Waals surface area contributed by atoms with Gasteiger partial charge in [0, 0.05) is 25.6 Å². The summed E-state index contributed by atoms with van der Waals surface area (Å²) in [6.07, 6.45) is 27.1. The number of fused-ring (bicyclic) bond motifs is 8. The van der Waals surface area contributed by atoms with E-state index in [0.29, 0.717) is 0 Å². The van der Waals surface area contributed by atoms with Crippen molar-refractivity contribution >= 4 is 75.0 Å². The Labute approximate surface area is 334 Å².